The van der Waals surface area contributed by atoms with Gasteiger partial charge in [0.2, 0.25) is 0 Å². The Kier molecular flexibility index (Phi) is 6.09. The Labute approximate surface area is 186 Å². The van der Waals surface area contributed by atoms with E-state index in [2.05, 4.69) is 10.3 Å². The van der Waals surface area contributed by atoms with Crippen LogP contribution in [0.25, 0.3) is 5.65 Å². The van der Waals surface area contributed by atoms with Gasteiger partial charge in [0.25, 0.3) is 5.91 Å². The molecule has 1 N–H and O–H groups in total. The monoisotopic (exact) mass is 462 g/mol. The maximum atomic E-state index is 13.8. The fourth-order valence-electron chi connectivity index (χ4n) is 3.74. The van der Waals surface area contributed by atoms with Gasteiger partial charge in [0.1, 0.15) is 17.4 Å². The molecule has 0 saturated carbocycles. The highest BCUT2D eigenvalue weighted by Crippen LogP contribution is 2.34. The van der Waals surface area contributed by atoms with Gasteiger partial charge in [-0.25, -0.2) is 4.98 Å². The van der Waals surface area contributed by atoms with Crippen molar-refractivity contribution < 1.29 is 22.7 Å². The van der Waals surface area contributed by atoms with E-state index in [0.29, 0.717) is 36.6 Å². The minimum atomic E-state index is -4.73. The number of benzene rings is 1. The number of alkyl halides is 3. The first kappa shape index (κ1) is 22.1. The number of hydrogen-bond donors (Lipinski definition) is 1. The molecule has 1 amide bonds. The van der Waals surface area contributed by atoms with E-state index in [9.17, 15) is 23.2 Å². The van der Waals surface area contributed by atoms with E-state index in [4.69, 9.17) is 16.3 Å². The highest BCUT2D eigenvalue weighted by molar-refractivity contribution is 6.30. The number of amides is 1. The number of nitrogens with one attached hydrogen (secondary N) is 1. The van der Waals surface area contributed by atoms with Gasteiger partial charge in [0.15, 0.2) is 5.69 Å². The number of fused-ring (bicyclic) bond motifs is 1. The number of halogens is 4. The number of nitriles is 1. The zero-order chi connectivity index (χ0) is 22.9. The molecule has 3 aromatic rings. The Morgan fingerprint density at radius 1 is 1.25 bits per heavy atom. The van der Waals surface area contributed by atoms with Crippen LogP contribution in [0.4, 0.5) is 13.2 Å². The first-order chi connectivity index (χ1) is 15.3. The summed E-state index contributed by atoms with van der Waals surface area (Å²) in [5, 5.41) is 13.0. The molecule has 0 aliphatic carbocycles. The molecule has 2 aromatic heterocycles. The molecule has 0 bridgehead atoms. The molecule has 6 nitrogen and oxygen atoms in total. The van der Waals surface area contributed by atoms with Crippen LogP contribution in [0.3, 0.4) is 0 Å². The van der Waals surface area contributed by atoms with Crippen molar-refractivity contribution in [2.45, 2.75) is 31.5 Å². The molecule has 4 rings (SSSR count). The number of pyridine rings is 1. The highest BCUT2D eigenvalue weighted by Gasteiger charge is 2.38. The van der Waals surface area contributed by atoms with E-state index in [1.54, 1.807) is 24.3 Å². The molecule has 0 unspecified atom stereocenters. The Balaban J connectivity index is 1.77. The van der Waals surface area contributed by atoms with Crippen LogP contribution in [0, 0.1) is 11.3 Å². The molecule has 32 heavy (non-hydrogen) atoms. The molecule has 1 aliphatic heterocycles. The van der Waals surface area contributed by atoms with Gasteiger partial charge in [-0.3, -0.25) is 9.20 Å². The lowest BCUT2D eigenvalue weighted by Gasteiger charge is -2.23. The van der Waals surface area contributed by atoms with E-state index in [-0.39, 0.29) is 35.1 Å². The minimum absolute atomic E-state index is 0.0808. The normalized spacial score (nSPS) is 15.0. The van der Waals surface area contributed by atoms with Crippen molar-refractivity contribution >= 4 is 23.2 Å². The van der Waals surface area contributed by atoms with Crippen molar-refractivity contribution in [3.63, 3.8) is 0 Å². The molecule has 1 aliphatic rings. The highest BCUT2D eigenvalue weighted by atomic mass is 35.5. The van der Waals surface area contributed by atoms with Crippen LogP contribution in [0.15, 0.2) is 36.4 Å². The average Bonchev–Trinajstić information content (AvgIpc) is 3.14. The molecule has 1 saturated heterocycles. The third-order valence-corrected chi connectivity index (χ3v) is 5.56. The molecule has 10 heteroatoms. The largest absolute Gasteiger partial charge is 0.435 e. The summed E-state index contributed by atoms with van der Waals surface area (Å²) in [7, 11) is 0. The van der Waals surface area contributed by atoms with E-state index >= 15 is 0 Å². The van der Waals surface area contributed by atoms with Crippen LogP contribution in [0.5, 0.6) is 0 Å². The second-order valence-electron chi connectivity index (χ2n) is 7.50. The number of imidazole rings is 1. The maximum Gasteiger partial charge on any atom is 0.435 e. The van der Waals surface area contributed by atoms with Crippen molar-refractivity contribution in [2.24, 2.45) is 0 Å². The van der Waals surface area contributed by atoms with Gasteiger partial charge in [0, 0.05) is 36.3 Å². The van der Waals surface area contributed by atoms with Gasteiger partial charge < -0.3 is 10.1 Å². The Morgan fingerprint density at radius 3 is 2.56 bits per heavy atom. The molecular weight excluding hydrogens is 445 g/mol. The van der Waals surface area contributed by atoms with Crippen LogP contribution in [-0.4, -0.2) is 34.5 Å². The fraction of sp³-hybridized carbons (Fsp3) is 0.318. The van der Waals surface area contributed by atoms with Crippen LogP contribution in [0.2, 0.25) is 5.02 Å². The summed E-state index contributed by atoms with van der Waals surface area (Å²) < 4.78 is 47.8. The fourth-order valence-corrected chi connectivity index (χ4v) is 3.87. The Hall–Kier alpha value is -3.09. The lowest BCUT2D eigenvalue weighted by molar-refractivity contribution is -0.141. The maximum absolute atomic E-state index is 13.8. The molecule has 3 heterocycles. The van der Waals surface area contributed by atoms with E-state index in [1.165, 1.54) is 12.1 Å². The quantitative estimate of drug-likeness (QED) is 0.624. The summed E-state index contributed by atoms with van der Waals surface area (Å²) >= 11 is 5.87. The number of carbonyl (C=O) groups excluding carboxylic acids is 1. The van der Waals surface area contributed by atoms with Gasteiger partial charge in [-0.2, -0.15) is 18.4 Å². The number of nitrogens with zero attached hydrogens (tertiary/aromatic N) is 3. The van der Waals surface area contributed by atoms with Gasteiger partial charge in [0.05, 0.1) is 5.69 Å². The summed E-state index contributed by atoms with van der Waals surface area (Å²) in [6, 6.07) is 10.8. The lowest BCUT2D eigenvalue weighted by atomic mass is 10.1. The third kappa shape index (κ3) is 4.56. The SMILES string of the molecule is N#Cc1cc(C(=O)NC2CCOCC2)cc2nc(C(F)(F)F)c(Cc3ccc(Cl)cc3)n12. The Morgan fingerprint density at radius 2 is 1.94 bits per heavy atom. The standard InChI is InChI=1S/C22H18ClF3N4O2/c23-15-3-1-13(2-4-15)9-18-20(22(24,25)26)29-19-11-14(10-17(12-27)30(18)19)21(31)28-16-5-7-32-8-6-16/h1-4,10-11,16H,5-9H2,(H,28,31). The second kappa shape index (κ2) is 8.81. The van der Waals surface area contributed by atoms with Gasteiger partial charge in [-0.05, 0) is 42.7 Å². The summed E-state index contributed by atoms with van der Waals surface area (Å²) in [6.45, 7) is 1.05. The second-order valence-corrected chi connectivity index (χ2v) is 7.94. The first-order valence-electron chi connectivity index (χ1n) is 9.92. The van der Waals surface area contributed by atoms with Crippen molar-refractivity contribution in [3.05, 3.63) is 69.6 Å². The smallest absolute Gasteiger partial charge is 0.381 e. The molecule has 0 spiro atoms. The average molecular weight is 463 g/mol. The molecule has 0 atom stereocenters. The lowest BCUT2D eigenvalue weighted by Crippen LogP contribution is -2.38. The topological polar surface area (TPSA) is 79.4 Å². The molecule has 1 aromatic carbocycles. The van der Waals surface area contributed by atoms with Crippen molar-refractivity contribution in [3.8, 4) is 6.07 Å². The predicted octanol–water partition coefficient (Wildman–Crippen LogP) is 4.38. The van der Waals surface area contributed by atoms with Crippen LogP contribution >= 0.6 is 11.6 Å². The summed E-state index contributed by atoms with van der Waals surface area (Å²) in [6.07, 6.45) is -3.56. The van der Waals surface area contributed by atoms with Crippen LogP contribution in [0.1, 0.15) is 45.8 Å². The number of aromatic nitrogens is 2. The van der Waals surface area contributed by atoms with E-state index < -0.39 is 17.8 Å². The predicted molar refractivity (Wildman–Crippen MR) is 110 cm³/mol. The number of hydrogen-bond acceptors (Lipinski definition) is 4. The van der Waals surface area contributed by atoms with Gasteiger partial charge in [-0.1, -0.05) is 23.7 Å². The third-order valence-electron chi connectivity index (χ3n) is 5.30. The van der Waals surface area contributed by atoms with Crippen LogP contribution < -0.4 is 5.32 Å². The number of rotatable bonds is 4. The molecule has 0 radical (unpaired) electrons. The van der Waals surface area contributed by atoms with Crippen molar-refractivity contribution in [2.75, 3.05) is 13.2 Å². The summed E-state index contributed by atoms with van der Waals surface area (Å²) in [5.41, 5.74) is -0.831. The first-order valence-corrected chi connectivity index (χ1v) is 10.3. The minimum Gasteiger partial charge on any atom is -0.381 e. The van der Waals surface area contributed by atoms with Crippen LogP contribution in [-0.2, 0) is 17.3 Å². The zero-order valence-electron chi connectivity index (χ0n) is 16.7. The number of ether oxygens (including phenoxy) is 1. The van der Waals surface area contributed by atoms with Crippen molar-refractivity contribution in [1.82, 2.24) is 14.7 Å². The van der Waals surface area contributed by atoms with Crippen molar-refractivity contribution in [1.29, 1.82) is 5.26 Å². The summed E-state index contributed by atoms with van der Waals surface area (Å²) in [5.74, 6) is -0.466. The van der Waals surface area contributed by atoms with Gasteiger partial charge >= 0.3 is 6.18 Å². The summed E-state index contributed by atoms with van der Waals surface area (Å²) in [4.78, 5) is 16.5. The number of carbonyl (C=O) groups is 1. The molecule has 166 valence electrons. The Bertz CT molecular complexity index is 1190. The molecule has 1 fully saturated rings. The molecular formula is C22H18ClF3N4O2. The van der Waals surface area contributed by atoms with E-state index in [0.717, 1.165) is 4.40 Å². The van der Waals surface area contributed by atoms with E-state index in [1.807, 2.05) is 6.07 Å². The van der Waals surface area contributed by atoms with Gasteiger partial charge in [-0.15, -0.1) is 0 Å². The zero-order valence-corrected chi connectivity index (χ0v) is 17.5.